The van der Waals surface area contributed by atoms with Gasteiger partial charge in [-0.05, 0) is 18.9 Å². The first-order valence-corrected chi connectivity index (χ1v) is 8.65. The summed E-state index contributed by atoms with van der Waals surface area (Å²) in [7, 11) is -1.28. The fraction of sp³-hybridized carbons (Fsp3) is 0.429. The summed E-state index contributed by atoms with van der Waals surface area (Å²) in [6, 6.07) is 3.88. The summed E-state index contributed by atoms with van der Waals surface area (Å²) in [5, 5.41) is 0. The maximum absolute atomic E-state index is 11.6. The van der Waals surface area contributed by atoms with E-state index in [1.807, 2.05) is 18.3 Å². The van der Waals surface area contributed by atoms with Gasteiger partial charge in [0, 0.05) is 36.3 Å². The van der Waals surface area contributed by atoms with E-state index >= 15 is 0 Å². The van der Waals surface area contributed by atoms with Crippen molar-refractivity contribution in [3.05, 3.63) is 30.7 Å². The second kappa shape index (κ2) is 5.48. The quantitative estimate of drug-likeness (QED) is 0.863. The van der Waals surface area contributed by atoms with Crippen molar-refractivity contribution in [3.63, 3.8) is 0 Å². The van der Waals surface area contributed by atoms with Crippen LogP contribution in [-0.4, -0.2) is 41.6 Å². The van der Waals surface area contributed by atoms with Gasteiger partial charge in [0.15, 0.2) is 0 Å². The molecule has 0 bridgehead atoms. The summed E-state index contributed by atoms with van der Waals surface area (Å²) in [6.45, 7) is 0. The highest BCUT2D eigenvalue weighted by atomic mass is 32.2. The summed E-state index contributed by atoms with van der Waals surface area (Å²) in [6.07, 6.45) is 6.59. The molecule has 0 aromatic carbocycles. The lowest BCUT2D eigenvalue weighted by molar-refractivity contribution is 0.398. The zero-order chi connectivity index (χ0) is 14.9. The van der Waals surface area contributed by atoms with Gasteiger partial charge >= 0.3 is 0 Å². The van der Waals surface area contributed by atoms with Crippen molar-refractivity contribution in [2.45, 2.75) is 18.9 Å². The maximum Gasteiger partial charge on any atom is 0.213 e. The first-order chi connectivity index (χ1) is 10.1. The molecular weight excluding hydrogens is 290 g/mol. The van der Waals surface area contributed by atoms with Gasteiger partial charge in [0.05, 0.1) is 18.6 Å². The molecule has 6 nitrogen and oxygen atoms in total. The topological polar surface area (TPSA) is 74.1 Å². The highest BCUT2D eigenvalue weighted by molar-refractivity contribution is 7.91. The molecule has 0 aliphatic carbocycles. The van der Waals surface area contributed by atoms with Crippen molar-refractivity contribution < 1.29 is 13.2 Å². The van der Waals surface area contributed by atoms with Crippen molar-refractivity contribution in [1.82, 2.24) is 14.5 Å². The Morgan fingerprint density at radius 3 is 2.71 bits per heavy atom. The Balaban J connectivity index is 1.90. The number of nitrogens with zero attached hydrogens (tertiary/aromatic N) is 3. The molecule has 1 saturated heterocycles. The second-order valence-corrected chi connectivity index (χ2v) is 7.43. The number of methoxy groups -OCH3 is 1. The van der Waals surface area contributed by atoms with Crippen LogP contribution in [0, 0.1) is 0 Å². The van der Waals surface area contributed by atoms with Crippen molar-refractivity contribution in [2.24, 2.45) is 0 Å². The van der Waals surface area contributed by atoms with Gasteiger partial charge in [0.25, 0.3) is 0 Å². The molecule has 0 saturated carbocycles. The molecule has 0 radical (unpaired) electrons. The number of aromatic nitrogens is 3. The van der Waals surface area contributed by atoms with Crippen LogP contribution in [0.3, 0.4) is 0 Å². The third kappa shape index (κ3) is 2.92. The third-order valence-electron chi connectivity index (χ3n) is 3.79. The Bertz CT molecular complexity index is 725. The highest BCUT2D eigenvalue weighted by Gasteiger charge is 2.26. The van der Waals surface area contributed by atoms with Crippen LogP contribution >= 0.6 is 0 Å². The smallest absolute Gasteiger partial charge is 0.213 e. The minimum atomic E-state index is -2.86. The molecular formula is C14H17N3O3S. The Hall–Kier alpha value is -1.89. The first-order valence-electron chi connectivity index (χ1n) is 6.83. The SMILES string of the molecule is COc1cc(-c2nccn2C2CCS(=O)(=O)CC2)ccn1. The molecule has 0 amide bonds. The summed E-state index contributed by atoms with van der Waals surface area (Å²) in [5.41, 5.74) is 0.917. The molecule has 3 heterocycles. The molecule has 7 heteroatoms. The monoisotopic (exact) mass is 307 g/mol. The fourth-order valence-corrected chi connectivity index (χ4v) is 4.11. The highest BCUT2D eigenvalue weighted by Crippen LogP contribution is 2.29. The Morgan fingerprint density at radius 2 is 2.00 bits per heavy atom. The van der Waals surface area contributed by atoms with E-state index in [4.69, 9.17) is 4.74 Å². The average molecular weight is 307 g/mol. The molecule has 2 aromatic heterocycles. The van der Waals surface area contributed by atoms with Crippen molar-refractivity contribution in [2.75, 3.05) is 18.6 Å². The van der Waals surface area contributed by atoms with E-state index in [-0.39, 0.29) is 17.5 Å². The second-order valence-electron chi connectivity index (χ2n) is 5.13. The third-order valence-corrected chi connectivity index (χ3v) is 5.50. The van der Waals surface area contributed by atoms with Gasteiger partial charge in [-0.1, -0.05) is 0 Å². The predicted molar refractivity (Wildman–Crippen MR) is 78.9 cm³/mol. The lowest BCUT2D eigenvalue weighted by Crippen LogP contribution is -2.25. The van der Waals surface area contributed by atoms with E-state index in [9.17, 15) is 8.42 Å². The standard InChI is InChI=1S/C14H17N3O3S/c1-20-13-10-11(2-5-15-13)14-16-6-7-17(14)12-3-8-21(18,19)9-4-12/h2,5-7,10,12H,3-4,8-9H2,1H3. The molecule has 3 rings (SSSR count). The van der Waals surface area contributed by atoms with Crippen LogP contribution in [0.25, 0.3) is 11.4 Å². The van der Waals surface area contributed by atoms with Crippen LogP contribution in [0.15, 0.2) is 30.7 Å². The number of rotatable bonds is 3. The Kier molecular flexibility index (Phi) is 3.67. The summed E-state index contributed by atoms with van der Waals surface area (Å²) in [4.78, 5) is 8.49. The number of hydrogen-bond acceptors (Lipinski definition) is 5. The molecule has 1 aliphatic rings. The van der Waals surface area contributed by atoms with Gasteiger partial charge in [-0.15, -0.1) is 0 Å². The van der Waals surface area contributed by atoms with Crippen LogP contribution in [0.1, 0.15) is 18.9 Å². The molecule has 2 aromatic rings. The van der Waals surface area contributed by atoms with Crippen molar-refractivity contribution >= 4 is 9.84 Å². The molecule has 1 fully saturated rings. The van der Waals surface area contributed by atoms with Crippen molar-refractivity contribution in [3.8, 4) is 17.3 Å². The summed E-state index contributed by atoms with van der Waals surface area (Å²) in [5.74, 6) is 1.84. The number of imidazole rings is 1. The van der Waals surface area contributed by atoms with Crippen LogP contribution in [0.2, 0.25) is 0 Å². The minimum absolute atomic E-state index is 0.171. The number of sulfone groups is 1. The molecule has 0 N–H and O–H groups in total. The lowest BCUT2D eigenvalue weighted by Gasteiger charge is -2.24. The van der Waals surface area contributed by atoms with Crippen LogP contribution in [0.4, 0.5) is 0 Å². The van der Waals surface area contributed by atoms with E-state index < -0.39 is 9.84 Å². The summed E-state index contributed by atoms with van der Waals surface area (Å²) < 4.78 is 30.3. The normalized spacial score (nSPS) is 18.5. The van der Waals surface area contributed by atoms with Crippen LogP contribution in [0.5, 0.6) is 5.88 Å². The van der Waals surface area contributed by atoms with Gasteiger partial charge in [-0.3, -0.25) is 0 Å². The zero-order valence-corrected chi connectivity index (χ0v) is 12.6. The predicted octanol–water partition coefficient (Wildman–Crippen LogP) is 1.70. The summed E-state index contributed by atoms with van der Waals surface area (Å²) >= 11 is 0. The van der Waals surface area contributed by atoms with E-state index in [1.165, 1.54) is 0 Å². The lowest BCUT2D eigenvalue weighted by atomic mass is 10.1. The first kappa shape index (κ1) is 14.1. The van der Waals surface area contributed by atoms with Gasteiger partial charge in [0.2, 0.25) is 5.88 Å². The molecule has 1 aliphatic heterocycles. The minimum Gasteiger partial charge on any atom is -0.481 e. The van der Waals surface area contributed by atoms with E-state index in [1.54, 1.807) is 19.5 Å². The van der Waals surface area contributed by atoms with Gasteiger partial charge in [-0.2, -0.15) is 0 Å². The molecule has 21 heavy (non-hydrogen) atoms. The Morgan fingerprint density at radius 1 is 1.24 bits per heavy atom. The van der Waals surface area contributed by atoms with Crippen LogP contribution < -0.4 is 4.74 Å². The average Bonchev–Trinajstić information content (AvgIpc) is 2.97. The largest absolute Gasteiger partial charge is 0.481 e. The van der Waals surface area contributed by atoms with E-state index in [2.05, 4.69) is 14.5 Å². The maximum atomic E-state index is 11.6. The number of hydrogen-bond donors (Lipinski definition) is 0. The van der Waals surface area contributed by atoms with Gasteiger partial charge < -0.3 is 9.30 Å². The van der Waals surface area contributed by atoms with Crippen LogP contribution in [-0.2, 0) is 9.84 Å². The van der Waals surface area contributed by atoms with Gasteiger partial charge in [0.1, 0.15) is 15.7 Å². The fourth-order valence-electron chi connectivity index (χ4n) is 2.65. The number of pyridine rings is 1. The Labute approximate surface area is 123 Å². The molecule has 0 atom stereocenters. The van der Waals surface area contributed by atoms with E-state index in [0.717, 1.165) is 11.4 Å². The number of ether oxygens (including phenoxy) is 1. The van der Waals surface area contributed by atoms with Crippen molar-refractivity contribution in [1.29, 1.82) is 0 Å². The van der Waals surface area contributed by atoms with Gasteiger partial charge in [-0.25, -0.2) is 18.4 Å². The van der Waals surface area contributed by atoms with E-state index in [0.29, 0.717) is 18.7 Å². The molecule has 0 spiro atoms. The zero-order valence-electron chi connectivity index (χ0n) is 11.8. The molecule has 112 valence electrons. The molecule has 0 unspecified atom stereocenters.